The van der Waals surface area contributed by atoms with E-state index in [-0.39, 0.29) is 0 Å². The monoisotopic (exact) mass is 476 g/mol. The van der Waals surface area contributed by atoms with E-state index in [1.807, 2.05) is 22.9 Å². The van der Waals surface area contributed by atoms with E-state index in [0.29, 0.717) is 6.73 Å². The van der Waals surface area contributed by atoms with Gasteiger partial charge in [-0.15, -0.1) is 0 Å². The van der Waals surface area contributed by atoms with Gasteiger partial charge in [-0.3, -0.25) is 0 Å². The molecule has 3 aromatic rings. The van der Waals surface area contributed by atoms with Crippen molar-refractivity contribution in [2.75, 3.05) is 6.61 Å². The van der Waals surface area contributed by atoms with E-state index in [1.54, 1.807) is 0 Å². The molecule has 0 aliphatic rings. The van der Waals surface area contributed by atoms with Gasteiger partial charge in [0, 0.05) is 20.1 Å². The van der Waals surface area contributed by atoms with Gasteiger partial charge in [-0.1, -0.05) is 62.6 Å². The Hall–Kier alpha value is -1.44. The highest BCUT2D eigenvalue weighted by atomic mass is 127. The van der Waals surface area contributed by atoms with Crippen molar-refractivity contribution in [2.45, 2.75) is 32.4 Å². The Kier molecular flexibility index (Phi) is 5.99. The van der Waals surface area contributed by atoms with Crippen LogP contribution in [0.4, 0.5) is 0 Å². The number of hydrogen-bond acceptors (Lipinski definition) is 2. The highest BCUT2D eigenvalue weighted by Crippen LogP contribution is 2.27. The first-order valence-electron chi connectivity index (χ1n) is 8.84. The number of ether oxygens (including phenoxy) is 1. The van der Waals surface area contributed by atoms with Crippen molar-refractivity contribution in [1.29, 1.82) is 0 Å². The lowest BCUT2D eigenvalue weighted by molar-refractivity contribution is 0.0814. The largest absolute Gasteiger partial charge is 0.360 e. The van der Waals surface area contributed by atoms with Crippen LogP contribution in [-0.2, 0) is 11.5 Å². The summed E-state index contributed by atoms with van der Waals surface area (Å²) < 4.78 is 8.88. The summed E-state index contributed by atoms with van der Waals surface area (Å²) in [4.78, 5) is 0. The number of nitrogens with zero attached hydrogens (tertiary/aromatic N) is 2. The minimum absolute atomic E-state index is 0.491. The quantitative estimate of drug-likeness (QED) is 0.237. The van der Waals surface area contributed by atoms with Crippen LogP contribution in [-0.4, -0.2) is 24.5 Å². The molecule has 0 aliphatic carbocycles. The molecule has 3 nitrogen and oxygen atoms in total. The number of fused-ring (bicyclic) bond motifs is 1. The molecule has 0 amide bonds. The second-order valence-electron chi connectivity index (χ2n) is 7.71. The summed E-state index contributed by atoms with van der Waals surface area (Å²) in [5.74, 6) is 0. The van der Waals surface area contributed by atoms with E-state index in [4.69, 9.17) is 4.74 Å². The number of hydrogen-bond donors (Lipinski definition) is 0. The Morgan fingerprint density at radius 1 is 1.12 bits per heavy atom. The Morgan fingerprint density at radius 2 is 1.85 bits per heavy atom. The highest BCUT2D eigenvalue weighted by Gasteiger charge is 2.14. The molecule has 0 atom stereocenters. The van der Waals surface area contributed by atoms with E-state index in [0.717, 1.165) is 37.9 Å². The Bertz CT molecular complexity index is 913. The van der Waals surface area contributed by atoms with Crippen molar-refractivity contribution in [1.82, 2.24) is 9.78 Å². The predicted octanol–water partition coefficient (Wildman–Crippen LogP) is 6.01. The van der Waals surface area contributed by atoms with Crippen LogP contribution >= 0.6 is 22.6 Å². The van der Waals surface area contributed by atoms with Gasteiger partial charge in [0.05, 0.1) is 5.52 Å². The van der Waals surface area contributed by atoms with Gasteiger partial charge in [0.15, 0.2) is 0 Å². The summed E-state index contributed by atoms with van der Waals surface area (Å²) in [6.07, 6.45) is 0. The maximum absolute atomic E-state index is 5.91. The molecule has 0 N–H and O–H groups in total. The molecule has 0 saturated heterocycles. The minimum Gasteiger partial charge on any atom is -0.360 e. The molecule has 1 heterocycles. The van der Waals surface area contributed by atoms with Crippen LogP contribution in [0.25, 0.3) is 16.5 Å². The number of aromatic nitrogens is 2. The van der Waals surface area contributed by atoms with Crippen molar-refractivity contribution in [3.05, 3.63) is 69.9 Å². The average Bonchev–Trinajstić information content (AvgIpc) is 2.93. The molecule has 1 aromatic heterocycles. The third-order valence-corrected chi connectivity index (χ3v) is 6.89. The maximum Gasteiger partial charge on any atom is 0.140 e. The van der Waals surface area contributed by atoms with Gasteiger partial charge in [-0.25, -0.2) is 4.68 Å². The lowest BCUT2D eigenvalue weighted by Gasteiger charge is -2.15. The molecule has 0 fully saturated rings. The average molecular weight is 476 g/mol. The molecule has 0 aliphatic heterocycles. The number of halogens is 1. The molecule has 0 bridgehead atoms. The summed E-state index contributed by atoms with van der Waals surface area (Å²) in [6.45, 7) is 12.7. The van der Waals surface area contributed by atoms with E-state index in [9.17, 15) is 0 Å². The standard InChI is InChI=1S/C21H25IN2OSi/c1-16(17-8-6-5-7-9-17)18-10-11-19-20(14-18)24(23-21(19)22)15-25-12-13-26(2,3)4/h5-11,14H,1,12-13,15H2,2-4H3. The topological polar surface area (TPSA) is 27.1 Å². The lowest BCUT2D eigenvalue weighted by atomic mass is 9.99. The zero-order valence-corrected chi connectivity index (χ0v) is 18.8. The summed E-state index contributed by atoms with van der Waals surface area (Å²) in [5.41, 5.74) is 4.37. The van der Waals surface area contributed by atoms with E-state index < -0.39 is 8.07 Å². The predicted molar refractivity (Wildman–Crippen MR) is 121 cm³/mol. The first-order chi connectivity index (χ1) is 12.3. The fourth-order valence-electron chi connectivity index (χ4n) is 2.75. The van der Waals surface area contributed by atoms with E-state index in [1.165, 1.54) is 6.04 Å². The van der Waals surface area contributed by atoms with Crippen molar-refractivity contribution in [2.24, 2.45) is 0 Å². The second-order valence-corrected chi connectivity index (χ2v) is 14.4. The van der Waals surface area contributed by atoms with E-state index in [2.05, 4.69) is 84.2 Å². The molecule has 136 valence electrons. The maximum atomic E-state index is 5.91. The van der Waals surface area contributed by atoms with Crippen LogP contribution in [0.2, 0.25) is 25.7 Å². The minimum atomic E-state index is -1.07. The molecule has 0 unspecified atom stereocenters. The Balaban J connectivity index is 1.83. The fourth-order valence-corrected chi connectivity index (χ4v) is 4.23. The van der Waals surface area contributed by atoms with Crippen LogP contribution < -0.4 is 0 Å². The molecule has 5 heteroatoms. The fraction of sp³-hybridized carbons (Fsp3) is 0.286. The molecule has 0 saturated carbocycles. The Labute approximate surface area is 170 Å². The zero-order valence-electron chi connectivity index (χ0n) is 15.6. The Morgan fingerprint density at radius 3 is 2.54 bits per heavy atom. The highest BCUT2D eigenvalue weighted by molar-refractivity contribution is 14.1. The number of rotatable bonds is 7. The van der Waals surface area contributed by atoms with Crippen molar-refractivity contribution in [3.8, 4) is 0 Å². The molecule has 2 aromatic carbocycles. The lowest BCUT2D eigenvalue weighted by Crippen LogP contribution is -2.22. The van der Waals surface area contributed by atoms with Gasteiger partial charge in [0.25, 0.3) is 0 Å². The summed E-state index contributed by atoms with van der Waals surface area (Å²) >= 11 is 2.29. The molecular weight excluding hydrogens is 451 g/mol. The SMILES string of the molecule is C=C(c1ccccc1)c1ccc2c(I)nn(COCC[Si](C)(C)C)c2c1. The molecular formula is C21H25IN2OSi. The molecule has 0 spiro atoms. The van der Waals surface area contributed by atoms with E-state index >= 15 is 0 Å². The normalized spacial score (nSPS) is 11.8. The van der Waals surface area contributed by atoms with Crippen LogP contribution in [0.1, 0.15) is 11.1 Å². The molecule has 26 heavy (non-hydrogen) atoms. The van der Waals surface area contributed by atoms with Crippen LogP contribution in [0.15, 0.2) is 55.1 Å². The first-order valence-corrected chi connectivity index (χ1v) is 13.6. The third-order valence-electron chi connectivity index (χ3n) is 4.39. The van der Waals surface area contributed by atoms with Gasteiger partial charge < -0.3 is 4.74 Å². The summed E-state index contributed by atoms with van der Waals surface area (Å²) in [5, 5.41) is 5.81. The molecule has 3 rings (SSSR count). The van der Waals surface area contributed by atoms with Gasteiger partial charge in [-0.05, 0) is 57.5 Å². The summed E-state index contributed by atoms with van der Waals surface area (Å²) in [7, 11) is -1.07. The summed E-state index contributed by atoms with van der Waals surface area (Å²) in [6, 6.07) is 17.9. The van der Waals surface area contributed by atoms with Gasteiger partial charge >= 0.3 is 0 Å². The van der Waals surface area contributed by atoms with Crippen molar-refractivity contribution >= 4 is 47.1 Å². The van der Waals surface area contributed by atoms with Crippen LogP contribution in [0.5, 0.6) is 0 Å². The van der Waals surface area contributed by atoms with Crippen LogP contribution in [0.3, 0.4) is 0 Å². The zero-order chi connectivity index (χ0) is 18.7. The van der Waals surface area contributed by atoms with Gasteiger partial charge in [0.1, 0.15) is 10.4 Å². The smallest absolute Gasteiger partial charge is 0.140 e. The van der Waals surface area contributed by atoms with Crippen molar-refractivity contribution < 1.29 is 4.74 Å². The van der Waals surface area contributed by atoms with Gasteiger partial charge in [0.2, 0.25) is 0 Å². The second kappa shape index (κ2) is 8.06. The number of benzene rings is 2. The molecule has 0 radical (unpaired) electrons. The van der Waals surface area contributed by atoms with Gasteiger partial charge in [-0.2, -0.15) is 5.10 Å². The third kappa shape index (κ3) is 4.63. The first kappa shape index (κ1) is 19.3. The van der Waals surface area contributed by atoms with Crippen molar-refractivity contribution in [3.63, 3.8) is 0 Å². The van der Waals surface area contributed by atoms with Crippen LogP contribution in [0, 0.1) is 3.70 Å².